The summed E-state index contributed by atoms with van der Waals surface area (Å²) >= 11 is 0. The lowest BCUT2D eigenvalue weighted by Crippen LogP contribution is -1.95. The standard InChI is InChI=1S/C11H13NO2/c1-8-9(4-5-12)6-10(13-2)7-11(8)14-3/h6-7H,4H2,1-3H3. The van der Waals surface area contributed by atoms with E-state index in [1.807, 2.05) is 19.1 Å². The molecule has 0 heterocycles. The van der Waals surface area contributed by atoms with Crippen molar-refractivity contribution in [2.75, 3.05) is 14.2 Å². The maximum Gasteiger partial charge on any atom is 0.125 e. The lowest BCUT2D eigenvalue weighted by atomic mass is 10.0. The van der Waals surface area contributed by atoms with Gasteiger partial charge in [0.15, 0.2) is 0 Å². The van der Waals surface area contributed by atoms with Crippen molar-refractivity contribution in [3.05, 3.63) is 23.3 Å². The fourth-order valence-corrected chi connectivity index (χ4v) is 1.32. The largest absolute Gasteiger partial charge is 0.497 e. The van der Waals surface area contributed by atoms with E-state index in [2.05, 4.69) is 6.07 Å². The van der Waals surface area contributed by atoms with Gasteiger partial charge >= 0.3 is 0 Å². The zero-order valence-electron chi connectivity index (χ0n) is 8.63. The molecule has 0 aliphatic rings. The van der Waals surface area contributed by atoms with Gasteiger partial charge < -0.3 is 9.47 Å². The molecule has 0 saturated heterocycles. The van der Waals surface area contributed by atoms with Crippen molar-refractivity contribution in [1.29, 1.82) is 5.26 Å². The molecule has 0 N–H and O–H groups in total. The van der Waals surface area contributed by atoms with Crippen LogP contribution in [-0.4, -0.2) is 14.2 Å². The monoisotopic (exact) mass is 191 g/mol. The van der Waals surface area contributed by atoms with Crippen LogP contribution in [-0.2, 0) is 6.42 Å². The highest BCUT2D eigenvalue weighted by molar-refractivity contribution is 5.46. The zero-order chi connectivity index (χ0) is 10.6. The van der Waals surface area contributed by atoms with Gasteiger partial charge in [-0.3, -0.25) is 0 Å². The van der Waals surface area contributed by atoms with Crippen molar-refractivity contribution in [1.82, 2.24) is 0 Å². The van der Waals surface area contributed by atoms with Gasteiger partial charge in [0.2, 0.25) is 0 Å². The predicted octanol–water partition coefficient (Wildman–Crippen LogP) is 2.08. The lowest BCUT2D eigenvalue weighted by molar-refractivity contribution is 0.391. The summed E-state index contributed by atoms with van der Waals surface area (Å²) in [6, 6.07) is 5.79. The van der Waals surface area contributed by atoms with Crippen molar-refractivity contribution < 1.29 is 9.47 Å². The van der Waals surface area contributed by atoms with Gasteiger partial charge in [0.05, 0.1) is 26.7 Å². The van der Waals surface area contributed by atoms with Crippen molar-refractivity contribution in [3.8, 4) is 17.6 Å². The summed E-state index contributed by atoms with van der Waals surface area (Å²) in [5.74, 6) is 1.48. The molecule has 0 atom stereocenters. The van der Waals surface area contributed by atoms with E-state index in [0.29, 0.717) is 6.42 Å². The number of methoxy groups -OCH3 is 2. The smallest absolute Gasteiger partial charge is 0.125 e. The molecule has 0 radical (unpaired) electrons. The first-order chi connectivity index (χ1) is 6.72. The molecule has 0 unspecified atom stereocenters. The average Bonchev–Trinajstić information content (AvgIpc) is 2.21. The highest BCUT2D eigenvalue weighted by atomic mass is 16.5. The van der Waals surface area contributed by atoms with E-state index in [1.54, 1.807) is 14.2 Å². The summed E-state index contributed by atoms with van der Waals surface area (Å²) in [6.07, 6.45) is 0.374. The molecule has 0 saturated carbocycles. The second-order valence-electron chi connectivity index (χ2n) is 2.95. The van der Waals surface area contributed by atoms with Gasteiger partial charge in [-0.25, -0.2) is 0 Å². The molecule has 14 heavy (non-hydrogen) atoms. The second-order valence-corrected chi connectivity index (χ2v) is 2.95. The van der Waals surface area contributed by atoms with Gasteiger partial charge in [-0.1, -0.05) is 0 Å². The minimum absolute atomic E-state index is 0.374. The zero-order valence-corrected chi connectivity index (χ0v) is 8.63. The molecule has 0 aliphatic heterocycles. The minimum Gasteiger partial charge on any atom is -0.497 e. The van der Waals surface area contributed by atoms with Crippen molar-refractivity contribution in [3.63, 3.8) is 0 Å². The Morgan fingerprint density at radius 1 is 1.29 bits per heavy atom. The first-order valence-electron chi connectivity index (χ1n) is 4.31. The Balaban J connectivity index is 3.21. The Morgan fingerprint density at radius 3 is 2.50 bits per heavy atom. The number of hydrogen-bond donors (Lipinski definition) is 0. The quantitative estimate of drug-likeness (QED) is 0.734. The molecule has 0 aromatic heterocycles. The summed E-state index contributed by atoms with van der Waals surface area (Å²) in [4.78, 5) is 0. The molecule has 0 bridgehead atoms. The third-order valence-electron chi connectivity index (χ3n) is 2.17. The first kappa shape index (κ1) is 10.4. The van der Waals surface area contributed by atoms with Gasteiger partial charge in [0, 0.05) is 6.07 Å². The van der Waals surface area contributed by atoms with Crippen LogP contribution in [0, 0.1) is 18.3 Å². The Labute approximate surface area is 83.9 Å². The fourth-order valence-electron chi connectivity index (χ4n) is 1.32. The van der Waals surface area contributed by atoms with Gasteiger partial charge in [0.25, 0.3) is 0 Å². The van der Waals surface area contributed by atoms with Gasteiger partial charge in [-0.15, -0.1) is 0 Å². The number of ether oxygens (including phenoxy) is 2. The summed E-state index contributed by atoms with van der Waals surface area (Å²) in [7, 11) is 3.21. The van der Waals surface area contributed by atoms with Crippen molar-refractivity contribution in [2.45, 2.75) is 13.3 Å². The summed E-state index contributed by atoms with van der Waals surface area (Å²) in [6.45, 7) is 1.94. The molecule has 74 valence electrons. The first-order valence-corrected chi connectivity index (χ1v) is 4.31. The maximum atomic E-state index is 8.64. The summed E-state index contributed by atoms with van der Waals surface area (Å²) < 4.78 is 10.3. The van der Waals surface area contributed by atoms with Crippen molar-refractivity contribution in [2.24, 2.45) is 0 Å². The molecular weight excluding hydrogens is 178 g/mol. The molecule has 1 rings (SSSR count). The van der Waals surface area contributed by atoms with Crippen LogP contribution >= 0.6 is 0 Å². The molecule has 1 aromatic rings. The van der Waals surface area contributed by atoms with Gasteiger partial charge in [-0.05, 0) is 24.1 Å². The number of rotatable bonds is 3. The van der Waals surface area contributed by atoms with E-state index in [-0.39, 0.29) is 0 Å². The SMILES string of the molecule is COc1cc(CC#N)c(C)c(OC)c1. The summed E-state index contributed by atoms with van der Waals surface area (Å²) in [5, 5.41) is 8.64. The van der Waals surface area contributed by atoms with Gasteiger partial charge in [0.1, 0.15) is 11.5 Å². The molecule has 0 aliphatic carbocycles. The van der Waals surface area contributed by atoms with Crippen LogP contribution in [0.2, 0.25) is 0 Å². The Bertz CT molecular complexity index is 366. The molecule has 3 heteroatoms. The average molecular weight is 191 g/mol. The van der Waals surface area contributed by atoms with E-state index in [4.69, 9.17) is 14.7 Å². The van der Waals surface area contributed by atoms with Crippen LogP contribution in [0.15, 0.2) is 12.1 Å². The van der Waals surface area contributed by atoms with Crippen LogP contribution in [0.4, 0.5) is 0 Å². The van der Waals surface area contributed by atoms with Crippen LogP contribution in [0.1, 0.15) is 11.1 Å². The fraction of sp³-hybridized carbons (Fsp3) is 0.364. The topological polar surface area (TPSA) is 42.2 Å². The number of nitrogens with zero attached hydrogens (tertiary/aromatic N) is 1. The van der Waals surface area contributed by atoms with Crippen LogP contribution in [0.5, 0.6) is 11.5 Å². The Hall–Kier alpha value is -1.69. The number of benzene rings is 1. The van der Waals surface area contributed by atoms with E-state index in [0.717, 1.165) is 22.6 Å². The van der Waals surface area contributed by atoms with E-state index < -0.39 is 0 Å². The number of hydrogen-bond acceptors (Lipinski definition) is 3. The normalized spacial score (nSPS) is 9.29. The summed E-state index contributed by atoms with van der Waals surface area (Å²) in [5.41, 5.74) is 1.94. The van der Waals surface area contributed by atoms with Gasteiger partial charge in [-0.2, -0.15) is 5.26 Å². The minimum atomic E-state index is 0.374. The third kappa shape index (κ3) is 1.97. The van der Waals surface area contributed by atoms with Crippen LogP contribution < -0.4 is 9.47 Å². The van der Waals surface area contributed by atoms with E-state index >= 15 is 0 Å². The van der Waals surface area contributed by atoms with Crippen molar-refractivity contribution >= 4 is 0 Å². The molecule has 0 fully saturated rings. The Kier molecular flexibility index (Phi) is 3.35. The highest BCUT2D eigenvalue weighted by Crippen LogP contribution is 2.28. The molecule has 0 amide bonds. The number of nitriles is 1. The van der Waals surface area contributed by atoms with E-state index in [9.17, 15) is 0 Å². The molecule has 1 aromatic carbocycles. The van der Waals surface area contributed by atoms with E-state index in [1.165, 1.54) is 0 Å². The second kappa shape index (κ2) is 4.52. The molecule has 3 nitrogen and oxygen atoms in total. The third-order valence-corrected chi connectivity index (χ3v) is 2.17. The molecular formula is C11H13NO2. The predicted molar refractivity (Wildman–Crippen MR) is 53.6 cm³/mol. The highest BCUT2D eigenvalue weighted by Gasteiger charge is 2.07. The van der Waals surface area contributed by atoms with Crippen LogP contribution in [0.25, 0.3) is 0 Å². The lowest BCUT2D eigenvalue weighted by Gasteiger charge is -2.10. The van der Waals surface area contributed by atoms with Crippen LogP contribution in [0.3, 0.4) is 0 Å². The molecule has 0 spiro atoms. The Morgan fingerprint density at radius 2 is 2.00 bits per heavy atom. The maximum absolute atomic E-state index is 8.64.